The van der Waals surface area contributed by atoms with Gasteiger partial charge < -0.3 is 23.9 Å². The van der Waals surface area contributed by atoms with Gasteiger partial charge in [-0.05, 0) is 44.0 Å². The molecule has 0 amide bonds. The van der Waals surface area contributed by atoms with Crippen LogP contribution < -0.4 is 0 Å². The highest BCUT2D eigenvalue weighted by Crippen LogP contribution is 2.49. The van der Waals surface area contributed by atoms with E-state index < -0.39 is 11.9 Å². The highest BCUT2D eigenvalue weighted by molar-refractivity contribution is 7.13. The fourth-order valence-electron chi connectivity index (χ4n) is 4.88. The first-order valence-corrected chi connectivity index (χ1v) is 13.0. The molecule has 7 nitrogen and oxygen atoms in total. The Hall–Kier alpha value is -2.59. The van der Waals surface area contributed by atoms with Gasteiger partial charge in [0, 0.05) is 22.2 Å². The number of aliphatic hydroxyl groups excluding tert-OH is 1. The van der Waals surface area contributed by atoms with Crippen molar-refractivity contribution in [3.63, 3.8) is 0 Å². The Labute approximate surface area is 218 Å². The minimum absolute atomic E-state index is 0.285. The topological polar surface area (TPSA) is 78.6 Å². The maximum Gasteiger partial charge on any atom is 0.164 e. The second kappa shape index (κ2) is 9.06. The first-order chi connectivity index (χ1) is 17.3. The summed E-state index contributed by atoms with van der Waals surface area (Å²) >= 11 is 7.50. The van der Waals surface area contributed by atoms with Gasteiger partial charge in [0.05, 0.1) is 17.7 Å². The number of imidazole rings is 1. The smallest absolute Gasteiger partial charge is 0.164 e. The molecule has 4 heterocycles. The zero-order valence-corrected chi connectivity index (χ0v) is 21.6. The van der Waals surface area contributed by atoms with E-state index in [4.69, 9.17) is 25.8 Å². The van der Waals surface area contributed by atoms with Crippen LogP contribution in [0.3, 0.4) is 0 Å². The Balaban J connectivity index is 1.28. The quantitative estimate of drug-likeness (QED) is 0.354. The van der Waals surface area contributed by atoms with Gasteiger partial charge >= 0.3 is 0 Å². The lowest BCUT2D eigenvalue weighted by atomic mass is 9.98. The van der Waals surface area contributed by atoms with Crippen LogP contribution in [0.5, 0.6) is 0 Å². The lowest BCUT2D eigenvalue weighted by Gasteiger charge is -2.25. The van der Waals surface area contributed by atoms with Crippen molar-refractivity contribution >= 4 is 22.9 Å². The van der Waals surface area contributed by atoms with Gasteiger partial charge in [0.25, 0.3) is 0 Å². The summed E-state index contributed by atoms with van der Waals surface area (Å²) < 4.78 is 20.9. The van der Waals surface area contributed by atoms with Gasteiger partial charge in [-0.15, -0.1) is 11.3 Å². The molecule has 4 aromatic rings. The molecule has 2 saturated heterocycles. The summed E-state index contributed by atoms with van der Waals surface area (Å²) in [5.41, 5.74) is 4.11. The average Bonchev–Trinajstić information content (AvgIpc) is 3.63. The van der Waals surface area contributed by atoms with Crippen LogP contribution >= 0.6 is 22.9 Å². The van der Waals surface area contributed by atoms with Gasteiger partial charge in [-0.1, -0.05) is 48.0 Å². The first-order valence-electron chi connectivity index (χ1n) is 11.8. The highest BCUT2D eigenvalue weighted by Gasteiger charge is 2.56. The van der Waals surface area contributed by atoms with Crippen LogP contribution in [0.15, 0.2) is 66.4 Å². The highest BCUT2D eigenvalue weighted by atomic mass is 35.5. The number of rotatable bonds is 5. The molecule has 2 aromatic heterocycles. The van der Waals surface area contributed by atoms with Crippen molar-refractivity contribution in [1.29, 1.82) is 0 Å². The van der Waals surface area contributed by atoms with E-state index in [1.807, 2.05) is 85.4 Å². The van der Waals surface area contributed by atoms with Gasteiger partial charge in [-0.25, -0.2) is 9.97 Å². The maximum absolute atomic E-state index is 11.2. The van der Waals surface area contributed by atoms with Crippen LogP contribution in [-0.2, 0) is 14.2 Å². The second-order valence-electron chi connectivity index (χ2n) is 9.63. The summed E-state index contributed by atoms with van der Waals surface area (Å²) in [4.78, 5) is 9.03. The van der Waals surface area contributed by atoms with E-state index in [0.717, 1.165) is 27.4 Å². The van der Waals surface area contributed by atoms with Crippen molar-refractivity contribution in [3.8, 4) is 10.6 Å². The van der Waals surface area contributed by atoms with Crippen LogP contribution in [0.4, 0.5) is 0 Å². The molecule has 0 radical (unpaired) electrons. The molecule has 36 heavy (non-hydrogen) atoms. The van der Waals surface area contributed by atoms with Gasteiger partial charge in [0.1, 0.15) is 29.4 Å². The number of hydrogen-bond acceptors (Lipinski definition) is 7. The Morgan fingerprint density at radius 3 is 2.64 bits per heavy atom. The lowest BCUT2D eigenvalue weighted by molar-refractivity contribution is -0.197. The predicted octanol–water partition coefficient (Wildman–Crippen LogP) is 5.84. The molecule has 1 N–H and O–H groups in total. The lowest BCUT2D eigenvalue weighted by Crippen LogP contribution is -2.27. The summed E-state index contributed by atoms with van der Waals surface area (Å²) in [5, 5.41) is 14.6. The van der Waals surface area contributed by atoms with E-state index in [9.17, 15) is 5.11 Å². The Kier molecular flexibility index (Phi) is 5.99. The van der Waals surface area contributed by atoms with Crippen LogP contribution in [0.25, 0.3) is 10.6 Å². The molecule has 0 saturated carbocycles. The van der Waals surface area contributed by atoms with Gasteiger partial charge in [-0.2, -0.15) is 0 Å². The molecule has 6 rings (SSSR count). The molecular formula is C27H26ClN3O4S. The molecule has 9 heteroatoms. The molecule has 2 aliphatic heterocycles. The monoisotopic (exact) mass is 523 g/mol. The maximum atomic E-state index is 11.2. The largest absolute Gasteiger partial charge is 0.382 e. The number of benzene rings is 2. The third kappa shape index (κ3) is 4.38. The SMILES string of the molecule is Cc1cn([C@@H]2O[C@@H](c3cccc(C(O)c4csc(-c5ccc(Cl)cc5)n4)c3)[C@@H]3OC(C)(C)O[C@@H]32)cn1. The summed E-state index contributed by atoms with van der Waals surface area (Å²) in [6, 6.07) is 15.3. The number of thiazole rings is 1. The number of aromatic nitrogens is 3. The summed E-state index contributed by atoms with van der Waals surface area (Å²) in [7, 11) is 0. The minimum Gasteiger partial charge on any atom is -0.382 e. The summed E-state index contributed by atoms with van der Waals surface area (Å²) in [5.74, 6) is -0.721. The number of nitrogens with zero attached hydrogens (tertiary/aromatic N) is 3. The second-order valence-corrected chi connectivity index (χ2v) is 10.9. The van der Waals surface area contributed by atoms with Crippen molar-refractivity contribution in [2.45, 2.75) is 57.2 Å². The number of ether oxygens (including phenoxy) is 3. The zero-order chi connectivity index (χ0) is 25.0. The standard InChI is InChI=1S/C27H26ClN3O4S/c1-15-12-31(14-29-15)26-24-23(34-27(2,3)35-24)22(33-26)18-6-4-5-17(11-18)21(32)20-13-36-25(30-20)16-7-9-19(28)10-8-16/h4-14,21-24,26,32H,1-3H3/t21?,22-,23-,24-,26+/m0/s1. The third-order valence-electron chi connectivity index (χ3n) is 6.50. The van der Waals surface area contributed by atoms with Gasteiger partial charge in [-0.3, -0.25) is 0 Å². The van der Waals surface area contributed by atoms with Gasteiger partial charge in [0.15, 0.2) is 12.0 Å². The average molecular weight is 524 g/mol. The van der Waals surface area contributed by atoms with E-state index in [2.05, 4.69) is 9.97 Å². The van der Waals surface area contributed by atoms with Crippen LogP contribution in [-0.4, -0.2) is 37.6 Å². The molecular weight excluding hydrogens is 498 g/mol. The fraction of sp³-hybridized carbons (Fsp3) is 0.333. The van der Waals surface area contributed by atoms with Crippen molar-refractivity contribution in [1.82, 2.24) is 14.5 Å². The van der Waals surface area contributed by atoms with E-state index in [1.165, 1.54) is 11.3 Å². The van der Waals surface area contributed by atoms with E-state index in [1.54, 1.807) is 6.33 Å². The number of fused-ring (bicyclic) bond motifs is 1. The Morgan fingerprint density at radius 2 is 1.89 bits per heavy atom. The molecule has 1 unspecified atom stereocenters. The Bertz CT molecular complexity index is 1390. The molecule has 0 spiro atoms. The van der Waals surface area contributed by atoms with E-state index >= 15 is 0 Å². The van der Waals surface area contributed by atoms with Crippen LogP contribution in [0.2, 0.25) is 5.02 Å². The van der Waals surface area contributed by atoms with Crippen molar-refractivity contribution in [2.24, 2.45) is 0 Å². The number of hydrogen-bond donors (Lipinski definition) is 1. The first kappa shape index (κ1) is 23.8. The number of aliphatic hydroxyl groups is 1. The van der Waals surface area contributed by atoms with Crippen molar-refractivity contribution < 1.29 is 19.3 Å². The fourth-order valence-corrected chi connectivity index (χ4v) is 5.85. The normalized spacial score (nSPS) is 25.7. The molecule has 2 aliphatic rings. The molecule has 0 aliphatic carbocycles. The Morgan fingerprint density at radius 1 is 1.11 bits per heavy atom. The van der Waals surface area contributed by atoms with E-state index in [0.29, 0.717) is 10.7 Å². The molecule has 0 bridgehead atoms. The third-order valence-corrected chi connectivity index (χ3v) is 7.66. The zero-order valence-electron chi connectivity index (χ0n) is 20.0. The molecule has 2 aromatic carbocycles. The summed E-state index contributed by atoms with van der Waals surface area (Å²) in [6.07, 6.45) is 1.52. The predicted molar refractivity (Wildman–Crippen MR) is 137 cm³/mol. The number of halogens is 1. The van der Waals surface area contributed by atoms with Crippen molar-refractivity contribution in [2.75, 3.05) is 0 Å². The van der Waals surface area contributed by atoms with Crippen LogP contribution in [0.1, 0.15) is 54.8 Å². The van der Waals surface area contributed by atoms with E-state index in [-0.39, 0.29) is 24.5 Å². The van der Waals surface area contributed by atoms with Gasteiger partial charge in [0.2, 0.25) is 0 Å². The van der Waals surface area contributed by atoms with Crippen LogP contribution in [0, 0.1) is 6.92 Å². The number of aryl methyl sites for hydroxylation is 1. The summed E-state index contributed by atoms with van der Waals surface area (Å²) in [6.45, 7) is 5.77. The molecule has 186 valence electrons. The minimum atomic E-state index is -0.872. The van der Waals surface area contributed by atoms with Crippen molar-refractivity contribution in [3.05, 3.63) is 94.0 Å². The molecule has 5 atom stereocenters. The molecule has 2 fully saturated rings.